The van der Waals surface area contributed by atoms with E-state index in [9.17, 15) is 9.59 Å². The number of amides is 1. The van der Waals surface area contributed by atoms with Gasteiger partial charge >= 0.3 is 0 Å². The summed E-state index contributed by atoms with van der Waals surface area (Å²) in [5, 5.41) is 3.33. The number of benzene rings is 1. The molecule has 5 nitrogen and oxygen atoms in total. The van der Waals surface area contributed by atoms with Gasteiger partial charge in [-0.15, -0.1) is 0 Å². The quantitative estimate of drug-likeness (QED) is 0.671. The number of aromatic nitrogens is 2. The van der Waals surface area contributed by atoms with E-state index < -0.39 is 0 Å². The summed E-state index contributed by atoms with van der Waals surface area (Å²) in [6.45, 7) is 7.47. The lowest BCUT2D eigenvalue weighted by Gasteiger charge is -2.09. The normalized spacial score (nSPS) is 10.5. The Labute approximate surface area is 133 Å². The summed E-state index contributed by atoms with van der Waals surface area (Å²) in [4.78, 5) is 30.6. The van der Waals surface area contributed by atoms with Crippen LogP contribution in [0.1, 0.15) is 22.4 Å². The number of carbonyl (C=O) groups excluding carboxylic acids is 1. The molecule has 1 aromatic heterocycles. The molecule has 0 radical (unpaired) electrons. The lowest BCUT2D eigenvalue weighted by Crippen LogP contribution is -2.17. The van der Waals surface area contributed by atoms with Gasteiger partial charge in [0.2, 0.25) is 5.91 Å². The van der Waals surface area contributed by atoms with Crippen molar-refractivity contribution in [2.75, 3.05) is 11.1 Å². The van der Waals surface area contributed by atoms with E-state index in [1.807, 2.05) is 32.0 Å². The standard InChI is InChI=1S/C16H19N3O2S/c1-9-5-6-13(10(2)7-9)18-14(20)8-22-16-17-12(4)11(3)15(21)19-16/h5-7H,8H2,1-4H3,(H,18,20)(H,17,19,21). The topological polar surface area (TPSA) is 74.8 Å². The van der Waals surface area contributed by atoms with Crippen LogP contribution in [0.3, 0.4) is 0 Å². The average molecular weight is 317 g/mol. The molecular weight excluding hydrogens is 298 g/mol. The van der Waals surface area contributed by atoms with Crippen LogP contribution in [-0.2, 0) is 4.79 Å². The Morgan fingerprint density at radius 1 is 1.27 bits per heavy atom. The van der Waals surface area contributed by atoms with Gasteiger partial charge in [0.1, 0.15) is 0 Å². The van der Waals surface area contributed by atoms with Crippen molar-refractivity contribution in [3.8, 4) is 0 Å². The van der Waals surface area contributed by atoms with Crippen LogP contribution in [0.25, 0.3) is 0 Å². The number of aromatic amines is 1. The summed E-state index contributed by atoms with van der Waals surface area (Å²) in [6, 6.07) is 5.87. The van der Waals surface area contributed by atoms with Crippen LogP contribution in [0.2, 0.25) is 0 Å². The first-order chi connectivity index (χ1) is 10.4. The highest BCUT2D eigenvalue weighted by Gasteiger charge is 2.09. The molecule has 2 N–H and O–H groups in total. The molecule has 0 atom stereocenters. The third kappa shape index (κ3) is 3.98. The number of nitrogens with zero attached hydrogens (tertiary/aromatic N) is 1. The maximum Gasteiger partial charge on any atom is 0.254 e. The first-order valence-corrected chi connectivity index (χ1v) is 7.93. The van der Waals surface area contributed by atoms with Crippen molar-refractivity contribution < 1.29 is 4.79 Å². The maximum absolute atomic E-state index is 12.0. The van der Waals surface area contributed by atoms with Gasteiger partial charge in [-0.1, -0.05) is 29.5 Å². The fourth-order valence-electron chi connectivity index (χ4n) is 1.96. The Hall–Kier alpha value is -2.08. The third-order valence-corrected chi connectivity index (χ3v) is 4.24. The lowest BCUT2D eigenvalue weighted by atomic mass is 10.1. The molecule has 0 saturated carbocycles. The summed E-state index contributed by atoms with van der Waals surface area (Å²) < 4.78 is 0. The maximum atomic E-state index is 12.0. The fraction of sp³-hybridized carbons (Fsp3) is 0.312. The largest absolute Gasteiger partial charge is 0.325 e. The number of nitrogens with one attached hydrogen (secondary N) is 2. The van der Waals surface area contributed by atoms with Crippen molar-refractivity contribution in [1.82, 2.24) is 9.97 Å². The molecular formula is C16H19N3O2S. The second-order valence-electron chi connectivity index (χ2n) is 5.24. The van der Waals surface area contributed by atoms with Crippen LogP contribution in [0.15, 0.2) is 28.2 Å². The molecule has 2 aromatic rings. The molecule has 0 spiro atoms. The van der Waals surface area contributed by atoms with E-state index in [1.54, 1.807) is 13.8 Å². The van der Waals surface area contributed by atoms with Crippen LogP contribution >= 0.6 is 11.8 Å². The SMILES string of the molecule is Cc1ccc(NC(=O)CSc2nc(C)c(C)c(=O)[nH]2)c(C)c1. The minimum Gasteiger partial charge on any atom is -0.325 e. The van der Waals surface area contributed by atoms with Gasteiger partial charge in [-0.05, 0) is 39.3 Å². The van der Waals surface area contributed by atoms with Gasteiger partial charge in [0.25, 0.3) is 5.56 Å². The summed E-state index contributed by atoms with van der Waals surface area (Å²) in [7, 11) is 0. The zero-order valence-electron chi connectivity index (χ0n) is 13.1. The number of anilines is 1. The second kappa shape index (κ2) is 6.79. The Kier molecular flexibility index (Phi) is 5.03. The van der Waals surface area contributed by atoms with Crippen molar-refractivity contribution in [2.24, 2.45) is 0 Å². The number of carbonyl (C=O) groups is 1. The Morgan fingerprint density at radius 3 is 2.64 bits per heavy atom. The summed E-state index contributed by atoms with van der Waals surface area (Å²) >= 11 is 1.22. The van der Waals surface area contributed by atoms with Gasteiger partial charge in [0, 0.05) is 16.9 Å². The van der Waals surface area contributed by atoms with Gasteiger partial charge in [-0.25, -0.2) is 4.98 Å². The molecule has 0 aliphatic carbocycles. The highest BCUT2D eigenvalue weighted by molar-refractivity contribution is 7.99. The number of rotatable bonds is 4. The smallest absolute Gasteiger partial charge is 0.254 e. The van der Waals surface area contributed by atoms with Gasteiger partial charge in [0.05, 0.1) is 5.75 Å². The third-order valence-electron chi connectivity index (χ3n) is 3.37. The van der Waals surface area contributed by atoms with Crippen molar-refractivity contribution in [3.05, 3.63) is 50.9 Å². The molecule has 116 valence electrons. The minimum absolute atomic E-state index is 0.127. The number of H-pyrrole nitrogens is 1. The number of hydrogen-bond acceptors (Lipinski definition) is 4. The van der Waals surface area contributed by atoms with Gasteiger partial charge in [-0.2, -0.15) is 0 Å². The molecule has 0 aliphatic rings. The first-order valence-electron chi connectivity index (χ1n) is 6.94. The lowest BCUT2D eigenvalue weighted by molar-refractivity contribution is -0.113. The number of thioether (sulfide) groups is 1. The minimum atomic E-state index is -0.162. The average Bonchev–Trinajstić information content (AvgIpc) is 2.45. The van der Waals surface area contributed by atoms with E-state index in [0.29, 0.717) is 16.4 Å². The summed E-state index contributed by atoms with van der Waals surface area (Å²) in [5.74, 6) is 0.0662. The molecule has 6 heteroatoms. The van der Waals surface area contributed by atoms with E-state index in [-0.39, 0.29) is 17.2 Å². The van der Waals surface area contributed by atoms with E-state index in [2.05, 4.69) is 15.3 Å². The molecule has 0 bridgehead atoms. The van der Waals surface area contributed by atoms with Crippen molar-refractivity contribution in [3.63, 3.8) is 0 Å². The molecule has 0 unspecified atom stereocenters. The van der Waals surface area contributed by atoms with Gasteiger partial charge in [0.15, 0.2) is 5.16 Å². The zero-order chi connectivity index (χ0) is 16.3. The molecule has 0 aliphatic heterocycles. The van der Waals surface area contributed by atoms with Crippen LogP contribution in [0, 0.1) is 27.7 Å². The van der Waals surface area contributed by atoms with Gasteiger partial charge in [-0.3, -0.25) is 9.59 Å². The number of hydrogen-bond donors (Lipinski definition) is 2. The predicted octanol–water partition coefficient (Wildman–Crippen LogP) is 2.73. The van der Waals surface area contributed by atoms with E-state index >= 15 is 0 Å². The highest BCUT2D eigenvalue weighted by atomic mass is 32.2. The van der Waals surface area contributed by atoms with E-state index in [1.165, 1.54) is 11.8 Å². The molecule has 2 rings (SSSR count). The van der Waals surface area contributed by atoms with Gasteiger partial charge < -0.3 is 10.3 Å². The van der Waals surface area contributed by atoms with Crippen LogP contribution < -0.4 is 10.9 Å². The zero-order valence-corrected chi connectivity index (χ0v) is 13.9. The molecule has 0 fully saturated rings. The molecule has 0 saturated heterocycles. The van der Waals surface area contributed by atoms with Crippen molar-refractivity contribution in [2.45, 2.75) is 32.9 Å². The summed E-state index contributed by atoms with van der Waals surface area (Å²) in [5.41, 5.74) is 4.10. The van der Waals surface area contributed by atoms with E-state index in [4.69, 9.17) is 0 Å². The molecule has 22 heavy (non-hydrogen) atoms. The Bertz CT molecular complexity index is 768. The Balaban J connectivity index is 2.00. The fourth-order valence-corrected chi connectivity index (χ4v) is 2.67. The first kappa shape index (κ1) is 16.3. The second-order valence-corrected chi connectivity index (χ2v) is 6.20. The summed E-state index contributed by atoms with van der Waals surface area (Å²) in [6.07, 6.45) is 0. The molecule has 1 amide bonds. The molecule has 1 heterocycles. The Morgan fingerprint density at radius 2 is 2.00 bits per heavy atom. The van der Waals surface area contributed by atoms with Crippen molar-refractivity contribution in [1.29, 1.82) is 0 Å². The van der Waals surface area contributed by atoms with Crippen LogP contribution in [0.5, 0.6) is 0 Å². The van der Waals surface area contributed by atoms with Crippen LogP contribution in [-0.4, -0.2) is 21.6 Å². The van der Waals surface area contributed by atoms with Crippen molar-refractivity contribution >= 4 is 23.4 Å². The molecule has 1 aromatic carbocycles. The number of aryl methyl sites for hydroxylation is 3. The predicted molar refractivity (Wildman–Crippen MR) is 89.6 cm³/mol. The monoisotopic (exact) mass is 317 g/mol. The van der Waals surface area contributed by atoms with E-state index in [0.717, 1.165) is 16.8 Å². The highest BCUT2D eigenvalue weighted by Crippen LogP contribution is 2.17. The van der Waals surface area contributed by atoms with Crippen LogP contribution in [0.4, 0.5) is 5.69 Å².